The maximum atomic E-state index is 13.5. The summed E-state index contributed by atoms with van der Waals surface area (Å²) < 4.78 is 46.6. The number of nitrogens with one attached hydrogen (secondary N) is 3. The minimum Gasteiger partial charge on any atom is -0.381 e. The first-order valence-electron chi connectivity index (χ1n) is 11.4. The molecule has 2 saturated heterocycles. The average Bonchev–Trinajstić information content (AvgIpc) is 3.52. The summed E-state index contributed by atoms with van der Waals surface area (Å²) in [5, 5.41) is 13.3. The molecule has 0 spiro atoms. The molecule has 2 aromatic heterocycles. The molecule has 3 aromatic rings. The fraction of sp³-hybridized carbons (Fsp3) is 0.500. The van der Waals surface area contributed by atoms with Crippen LogP contribution in [-0.4, -0.2) is 58.3 Å². The summed E-state index contributed by atoms with van der Waals surface area (Å²) in [5.74, 6) is 0.222. The first-order valence-corrected chi connectivity index (χ1v) is 13.0. The molecule has 2 amide bonds. The largest absolute Gasteiger partial charge is 0.446 e. The lowest BCUT2D eigenvalue weighted by Gasteiger charge is -2.35. The Hall–Kier alpha value is -2.51. The molecule has 0 saturated carbocycles. The Morgan fingerprint density at radius 2 is 2.06 bits per heavy atom. The zero-order valence-electron chi connectivity index (χ0n) is 19.1. The summed E-state index contributed by atoms with van der Waals surface area (Å²) >= 11 is 1.04. The highest BCUT2D eigenvalue weighted by molar-refractivity contribution is 8.00. The van der Waals surface area contributed by atoms with Crippen LogP contribution in [0.4, 0.5) is 23.7 Å². The lowest BCUT2D eigenvalue weighted by molar-refractivity contribution is -0.0327. The van der Waals surface area contributed by atoms with E-state index < -0.39 is 11.6 Å². The highest BCUT2D eigenvalue weighted by atomic mass is 32.2. The molecule has 1 atom stereocenters. The number of benzene rings is 1. The van der Waals surface area contributed by atoms with E-state index in [1.54, 1.807) is 12.1 Å². The normalized spacial score (nSPS) is 19.9. The number of hydrogen-bond donors (Lipinski definition) is 3. The molecule has 1 unspecified atom stereocenters. The fourth-order valence-corrected chi connectivity index (χ4v) is 6.54. The number of thiophene rings is 1. The van der Waals surface area contributed by atoms with Crippen molar-refractivity contribution in [2.45, 2.75) is 55.2 Å². The Kier molecular flexibility index (Phi) is 6.57. The van der Waals surface area contributed by atoms with Gasteiger partial charge in [0.15, 0.2) is 0 Å². The van der Waals surface area contributed by atoms with Gasteiger partial charge in [0.1, 0.15) is 6.04 Å². The SMILES string of the molecule is CC(C)N1CCC(Nc2cccc3c(SC(F)(F)F)c(-c4noc(C5CNC(=O)N5)n4)sc23)CC1. The molecule has 4 heterocycles. The van der Waals surface area contributed by atoms with Crippen LogP contribution in [0.2, 0.25) is 0 Å². The molecule has 2 fully saturated rings. The number of amides is 2. The van der Waals surface area contributed by atoms with Gasteiger partial charge in [-0.15, -0.1) is 11.3 Å². The van der Waals surface area contributed by atoms with Crippen molar-refractivity contribution in [3.8, 4) is 10.7 Å². The number of rotatable bonds is 6. The molecule has 35 heavy (non-hydrogen) atoms. The second kappa shape index (κ2) is 9.51. The second-order valence-corrected chi connectivity index (χ2v) is 11.0. The van der Waals surface area contributed by atoms with E-state index in [-0.39, 0.29) is 47.0 Å². The summed E-state index contributed by atoms with van der Waals surface area (Å²) in [6.07, 6.45) is 1.93. The Morgan fingerprint density at radius 1 is 1.29 bits per heavy atom. The molecular weight excluding hydrogens is 501 g/mol. The van der Waals surface area contributed by atoms with E-state index in [1.807, 2.05) is 6.07 Å². The number of aromatic nitrogens is 2. The number of alkyl halides is 3. The van der Waals surface area contributed by atoms with Crippen LogP contribution in [0.3, 0.4) is 0 Å². The van der Waals surface area contributed by atoms with E-state index in [0.717, 1.165) is 36.3 Å². The smallest absolute Gasteiger partial charge is 0.381 e. The van der Waals surface area contributed by atoms with Crippen molar-refractivity contribution in [2.24, 2.45) is 0 Å². The van der Waals surface area contributed by atoms with Crippen LogP contribution in [0.1, 0.15) is 38.6 Å². The first kappa shape index (κ1) is 24.2. The van der Waals surface area contributed by atoms with Gasteiger partial charge in [-0.05, 0) is 44.5 Å². The molecular formula is C22H25F3N6O2S2. The van der Waals surface area contributed by atoms with Crippen molar-refractivity contribution in [3.63, 3.8) is 0 Å². The van der Waals surface area contributed by atoms with E-state index in [2.05, 4.69) is 44.8 Å². The van der Waals surface area contributed by atoms with E-state index in [1.165, 1.54) is 11.3 Å². The molecule has 0 bridgehead atoms. The molecule has 188 valence electrons. The van der Waals surface area contributed by atoms with Gasteiger partial charge in [-0.3, -0.25) is 0 Å². The zero-order chi connectivity index (χ0) is 24.7. The highest BCUT2D eigenvalue weighted by Gasteiger charge is 2.35. The van der Waals surface area contributed by atoms with Crippen molar-refractivity contribution in [2.75, 3.05) is 25.0 Å². The number of carbonyl (C=O) groups is 1. The fourth-order valence-electron chi connectivity index (χ4n) is 4.43. The number of nitrogens with zero attached hydrogens (tertiary/aromatic N) is 3. The van der Waals surface area contributed by atoms with E-state index in [0.29, 0.717) is 16.3 Å². The third-order valence-electron chi connectivity index (χ3n) is 6.22. The highest BCUT2D eigenvalue weighted by Crippen LogP contribution is 2.50. The van der Waals surface area contributed by atoms with Crippen molar-refractivity contribution < 1.29 is 22.5 Å². The molecule has 3 N–H and O–H groups in total. The second-order valence-electron chi connectivity index (χ2n) is 8.90. The molecule has 13 heteroatoms. The van der Waals surface area contributed by atoms with Crippen molar-refractivity contribution >= 4 is 44.9 Å². The summed E-state index contributed by atoms with van der Waals surface area (Å²) in [7, 11) is 0. The van der Waals surface area contributed by atoms with Crippen LogP contribution in [0, 0.1) is 0 Å². The van der Waals surface area contributed by atoms with Gasteiger partial charge < -0.3 is 25.4 Å². The number of likely N-dealkylation sites (tertiary alicyclic amines) is 1. The monoisotopic (exact) mass is 526 g/mol. The quantitative estimate of drug-likeness (QED) is 0.380. The van der Waals surface area contributed by atoms with Gasteiger partial charge >= 0.3 is 11.5 Å². The molecule has 0 radical (unpaired) electrons. The maximum Gasteiger partial charge on any atom is 0.446 e. The minimum absolute atomic E-state index is 0.0525. The first-order chi connectivity index (χ1) is 16.7. The van der Waals surface area contributed by atoms with E-state index >= 15 is 0 Å². The number of fused-ring (bicyclic) bond motifs is 1. The molecule has 2 aliphatic heterocycles. The maximum absolute atomic E-state index is 13.5. The van der Waals surface area contributed by atoms with Crippen LogP contribution in [0.5, 0.6) is 0 Å². The average molecular weight is 527 g/mol. The lowest BCUT2D eigenvalue weighted by Crippen LogP contribution is -2.42. The van der Waals surface area contributed by atoms with Crippen LogP contribution in [0.15, 0.2) is 27.6 Å². The van der Waals surface area contributed by atoms with E-state index in [4.69, 9.17) is 4.52 Å². The van der Waals surface area contributed by atoms with Gasteiger partial charge in [-0.25, -0.2) is 4.79 Å². The van der Waals surface area contributed by atoms with Crippen molar-refractivity contribution in [1.82, 2.24) is 25.7 Å². The van der Waals surface area contributed by atoms with Gasteiger partial charge in [-0.2, -0.15) is 18.2 Å². The van der Waals surface area contributed by atoms with Crippen LogP contribution < -0.4 is 16.0 Å². The van der Waals surface area contributed by atoms with Crippen LogP contribution in [0.25, 0.3) is 20.8 Å². The lowest BCUT2D eigenvalue weighted by atomic mass is 10.0. The number of urea groups is 1. The van der Waals surface area contributed by atoms with Crippen LogP contribution in [-0.2, 0) is 0 Å². The molecule has 1 aromatic carbocycles. The number of piperidine rings is 1. The predicted molar refractivity (Wildman–Crippen MR) is 130 cm³/mol. The number of hydrogen-bond acceptors (Lipinski definition) is 8. The standard InChI is InChI=1S/C22H25F3N6O2S2/c1-11(2)31-8-6-12(7-9-31)27-14-5-3-4-13-16(14)34-18(17(13)35-22(23,24)25)19-29-20(33-30-19)15-10-26-21(32)28-15/h3-5,11-12,15,27H,6-10H2,1-2H3,(H2,26,28,32). The molecule has 0 aliphatic carbocycles. The molecule has 8 nitrogen and oxygen atoms in total. The Balaban J connectivity index is 1.48. The number of halogens is 3. The Morgan fingerprint density at radius 3 is 2.71 bits per heavy atom. The zero-order valence-corrected chi connectivity index (χ0v) is 20.7. The topological polar surface area (TPSA) is 95.3 Å². The van der Waals surface area contributed by atoms with E-state index in [9.17, 15) is 18.0 Å². The van der Waals surface area contributed by atoms with Gasteiger partial charge in [0.05, 0.1) is 15.3 Å². The molecule has 2 aliphatic rings. The van der Waals surface area contributed by atoms with Crippen molar-refractivity contribution in [3.05, 3.63) is 24.1 Å². The number of thioether (sulfide) groups is 1. The summed E-state index contributed by atoms with van der Waals surface area (Å²) in [6, 6.07) is 5.22. The number of anilines is 1. The molecule has 5 rings (SSSR count). The van der Waals surface area contributed by atoms with Crippen molar-refractivity contribution in [1.29, 1.82) is 0 Å². The van der Waals surface area contributed by atoms with Gasteiger partial charge in [0, 0.05) is 42.0 Å². The van der Waals surface area contributed by atoms with Gasteiger partial charge in [0.2, 0.25) is 5.82 Å². The van der Waals surface area contributed by atoms with Gasteiger partial charge in [-0.1, -0.05) is 17.3 Å². The number of carbonyl (C=O) groups excluding carboxylic acids is 1. The van der Waals surface area contributed by atoms with Crippen LogP contribution >= 0.6 is 23.1 Å². The predicted octanol–water partition coefficient (Wildman–Crippen LogP) is 5.20. The summed E-state index contributed by atoms with van der Waals surface area (Å²) in [5.41, 5.74) is -3.67. The third-order valence-corrected chi connectivity index (χ3v) is 8.45. The third kappa shape index (κ3) is 5.21. The summed E-state index contributed by atoms with van der Waals surface area (Å²) in [4.78, 5) is 18.5. The Labute approximate surface area is 208 Å². The Bertz CT molecular complexity index is 1220. The summed E-state index contributed by atoms with van der Waals surface area (Å²) in [6.45, 7) is 6.59. The minimum atomic E-state index is -4.48. The van der Waals surface area contributed by atoms with Gasteiger partial charge in [0.25, 0.3) is 5.89 Å².